The number of aromatic nitrogens is 2. The molecule has 1 aromatic heterocycles. The number of aryl methyl sites for hydroxylation is 2. The van der Waals surface area contributed by atoms with Crippen LogP contribution in [0.5, 0.6) is 0 Å². The average Bonchev–Trinajstić information content (AvgIpc) is 2.90. The minimum absolute atomic E-state index is 0.654. The molecule has 0 amide bonds. The number of piperazine rings is 1. The Morgan fingerprint density at radius 2 is 2.10 bits per heavy atom. The summed E-state index contributed by atoms with van der Waals surface area (Å²) < 4.78 is 2.18. The van der Waals surface area contributed by atoms with E-state index in [4.69, 9.17) is 5.10 Å². The molecule has 0 spiro atoms. The van der Waals surface area contributed by atoms with Gasteiger partial charge in [-0.3, -0.25) is 9.58 Å². The van der Waals surface area contributed by atoms with Crippen LogP contribution in [0.1, 0.15) is 58.3 Å². The van der Waals surface area contributed by atoms with Crippen molar-refractivity contribution < 1.29 is 0 Å². The lowest BCUT2D eigenvalue weighted by atomic mass is 10.0. The maximum absolute atomic E-state index is 4.69. The summed E-state index contributed by atoms with van der Waals surface area (Å²) >= 11 is 0. The van der Waals surface area contributed by atoms with Crippen molar-refractivity contribution in [2.45, 2.75) is 78.6 Å². The van der Waals surface area contributed by atoms with Gasteiger partial charge in [0, 0.05) is 38.3 Å². The van der Waals surface area contributed by atoms with E-state index in [2.05, 4.69) is 48.7 Å². The van der Waals surface area contributed by atoms with E-state index in [9.17, 15) is 0 Å². The van der Waals surface area contributed by atoms with Crippen LogP contribution in [0, 0.1) is 0 Å². The Morgan fingerprint density at radius 3 is 2.71 bits per heavy atom. The molecule has 2 unspecified atom stereocenters. The highest BCUT2D eigenvalue weighted by Gasteiger charge is 2.27. The predicted octanol–water partition coefficient (Wildman–Crippen LogP) is 2.82. The second-order valence-electron chi connectivity index (χ2n) is 6.18. The maximum atomic E-state index is 4.69. The molecule has 0 aromatic carbocycles. The molecule has 0 aliphatic carbocycles. The molecule has 0 saturated carbocycles. The summed E-state index contributed by atoms with van der Waals surface area (Å²) in [5.41, 5.74) is 2.60. The van der Waals surface area contributed by atoms with Crippen molar-refractivity contribution in [1.82, 2.24) is 20.0 Å². The van der Waals surface area contributed by atoms with Gasteiger partial charge >= 0.3 is 0 Å². The van der Waals surface area contributed by atoms with Crippen LogP contribution >= 0.6 is 0 Å². The molecule has 1 saturated heterocycles. The van der Waals surface area contributed by atoms with Crippen LogP contribution in [0.2, 0.25) is 0 Å². The SMILES string of the molecule is CCCC1CN(Cc2cc(CC)nn2CC)C(CC)CN1. The van der Waals surface area contributed by atoms with Crippen molar-refractivity contribution >= 4 is 0 Å². The molecule has 2 heterocycles. The summed E-state index contributed by atoms with van der Waals surface area (Å²) in [6.45, 7) is 13.3. The first-order valence-corrected chi connectivity index (χ1v) is 8.74. The fourth-order valence-electron chi connectivity index (χ4n) is 3.36. The molecule has 21 heavy (non-hydrogen) atoms. The Balaban J connectivity index is 2.08. The van der Waals surface area contributed by atoms with E-state index in [1.807, 2.05) is 0 Å². The standard InChI is InChI=1S/C17H32N4/c1-5-9-15-12-20(16(7-3)11-18-15)13-17-10-14(6-2)19-21(17)8-4/h10,15-16,18H,5-9,11-13H2,1-4H3. The first-order valence-electron chi connectivity index (χ1n) is 8.74. The van der Waals surface area contributed by atoms with E-state index in [1.165, 1.54) is 37.2 Å². The average molecular weight is 292 g/mol. The molecular formula is C17H32N4. The van der Waals surface area contributed by atoms with Gasteiger partial charge in [0.05, 0.1) is 11.4 Å². The molecular weight excluding hydrogens is 260 g/mol. The van der Waals surface area contributed by atoms with E-state index in [0.29, 0.717) is 12.1 Å². The topological polar surface area (TPSA) is 33.1 Å². The number of rotatable bonds is 7. The molecule has 1 aromatic rings. The number of hydrogen-bond acceptors (Lipinski definition) is 3. The molecule has 1 aliphatic rings. The smallest absolute Gasteiger partial charge is 0.0625 e. The first-order chi connectivity index (χ1) is 10.2. The molecule has 0 radical (unpaired) electrons. The highest BCUT2D eigenvalue weighted by molar-refractivity contribution is 5.11. The number of hydrogen-bond donors (Lipinski definition) is 1. The zero-order valence-corrected chi connectivity index (χ0v) is 14.2. The molecule has 4 nitrogen and oxygen atoms in total. The van der Waals surface area contributed by atoms with Crippen molar-refractivity contribution in [3.8, 4) is 0 Å². The van der Waals surface area contributed by atoms with Crippen LogP contribution in [0.4, 0.5) is 0 Å². The van der Waals surface area contributed by atoms with Crippen LogP contribution in [0.3, 0.4) is 0 Å². The van der Waals surface area contributed by atoms with Crippen LogP contribution in [0.25, 0.3) is 0 Å². The van der Waals surface area contributed by atoms with E-state index in [-0.39, 0.29) is 0 Å². The molecule has 120 valence electrons. The lowest BCUT2D eigenvalue weighted by molar-refractivity contribution is 0.112. The van der Waals surface area contributed by atoms with Crippen molar-refractivity contribution in [2.75, 3.05) is 13.1 Å². The highest BCUT2D eigenvalue weighted by atomic mass is 15.3. The van der Waals surface area contributed by atoms with Crippen molar-refractivity contribution in [3.63, 3.8) is 0 Å². The lowest BCUT2D eigenvalue weighted by Gasteiger charge is -2.40. The van der Waals surface area contributed by atoms with Gasteiger partial charge in [0.1, 0.15) is 0 Å². The summed E-state index contributed by atoms with van der Waals surface area (Å²) in [4.78, 5) is 2.67. The quantitative estimate of drug-likeness (QED) is 0.839. The van der Waals surface area contributed by atoms with Crippen LogP contribution in [0.15, 0.2) is 6.07 Å². The summed E-state index contributed by atoms with van der Waals surface area (Å²) in [6.07, 6.45) is 4.78. The molecule has 4 heteroatoms. The van der Waals surface area contributed by atoms with Crippen LogP contribution in [-0.2, 0) is 19.5 Å². The molecule has 1 N–H and O–H groups in total. The molecule has 2 rings (SSSR count). The minimum Gasteiger partial charge on any atom is -0.311 e. The van der Waals surface area contributed by atoms with Gasteiger partial charge in [0.2, 0.25) is 0 Å². The monoisotopic (exact) mass is 292 g/mol. The fourth-order valence-corrected chi connectivity index (χ4v) is 3.36. The van der Waals surface area contributed by atoms with Crippen molar-refractivity contribution in [2.24, 2.45) is 0 Å². The molecule has 0 bridgehead atoms. The van der Waals surface area contributed by atoms with Crippen molar-refractivity contribution in [1.29, 1.82) is 0 Å². The van der Waals surface area contributed by atoms with Crippen molar-refractivity contribution in [3.05, 3.63) is 17.5 Å². The number of nitrogens with one attached hydrogen (secondary N) is 1. The second kappa shape index (κ2) is 7.95. The molecule has 1 fully saturated rings. The van der Waals surface area contributed by atoms with E-state index >= 15 is 0 Å². The summed E-state index contributed by atoms with van der Waals surface area (Å²) in [6, 6.07) is 3.61. The Labute approximate surface area is 129 Å². The summed E-state index contributed by atoms with van der Waals surface area (Å²) in [7, 11) is 0. The van der Waals surface area contributed by atoms with E-state index < -0.39 is 0 Å². The second-order valence-corrected chi connectivity index (χ2v) is 6.18. The van der Waals surface area contributed by atoms with Gasteiger partial charge in [-0.1, -0.05) is 27.2 Å². The Kier molecular flexibility index (Phi) is 6.24. The number of nitrogens with zero attached hydrogens (tertiary/aromatic N) is 3. The third kappa shape index (κ3) is 4.07. The molecule has 2 atom stereocenters. The lowest BCUT2D eigenvalue weighted by Crippen LogP contribution is -2.55. The Bertz CT molecular complexity index is 426. The van der Waals surface area contributed by atoms with Crippen LogP contribution < -0.4 is 5.32 Å². The Hall–Kier alpha value is -0.870. The van der Waals surface area contributed by atoms with Gasteiger partial charge in [0.15, 0.2) is 0 Å². The van der Waals surface area contributed by atoms with Gasteiger partial charge in [-0.05, 0) is 32.3 Å². The fraction of sp³-hybridized carbons (Fsp3) is 0.824. The van der Waals surface area contributed by atoms with Gasteiger partial charge in [-0.15, -0.1) is 0 Å². The van der Waals surface area contributed by atoms with Gasteiger partial charge in [0.25, 0.3) is 0 Å². The van der Waals surface area contributed by atoms with Gasteiger partial charge < -0.3 is 5.32 Å². The summed E-state index contributed by atoms with van der Waals surface area (Å²) in [5.74, 6) is 0. The Morgan fingerprint density at radius 1 is 1.29 bits per heavy atom. The highest BCUT2D eigenvalue weighted by Crippen LogP contribution is 2.17. The zero-order valence-electron chi connectivity index (χ0n) is 14.2. The predicted molar refractivity (Wildman–Crippen MR) is 88.5 cm³/mol. The largest absolute Gasteiger partial charge is 0.311 e. The van der Waals surface area contributed by atoms with Crippen LogP contribution in [-0.4, -0.2) is 39.9 Å². The third-order valence-electron chi connectivity index (χ3n) is 4.66. The van der Waals surface area contributed by atoms with E-state index in [1.54, 1.807) is 0 Å². The normalized spacial score (nSPS) is 23.6. The van der Waals surface area contributed by atoms with Gasteiger partial charge in [-0.25, -0.2) is 0 Å². The third-order valence-corrected chi connectivity index (χ3v) is 4.66. The maximum Gasteiger partial charge on any atom is 0.0625 e. The first kappa shape index (κ1) is 16.5. The molecule has 1 aliphatic heterocycles. The zero-order chi connectivity index (χ0) is 15.2. The minimum atomic E-state index is 0.654. The van der Waals surface area contributed by atoms with Gasteiger partial charge in [-0.2, -0.15) is 5.10 Å². The summed E-state index contributed by atoms with van der Waals surface area (Å²) in [5, 5.41) is 8.41. The van der Waals surface area contributed by atoms with E-state index in [0.717, 1.165) is 26.1 Å².